The third-order valence-electron chi connectivity index (χ3n) is 3.02. The molecule has 0 aliphatic carbocycles. The molecule has 20 heavy (non-hydrogen) atoms. The third kappa shape index (κ3) is 4.01. The number of anilines is 1. The van der Waals surface area contributed by atoms with E-state index in [9.17, 15) is 17.6 Å². The molecule has 1 aromatic carbocycles. The number of rotatable bonds is 5. The smallest absolute Gasteiger partial charge is 0.229 e. The highest BCUT2D eigenvalue weighted by Gasteiger charge is 2.22. The molecule has 1 amide bonds. The van der Waals surface area contributed by atoms with Crippen molar-refractivity contribution in [2.45, 2.75) is 18.7 Å². The number of hydrogen-bond acceptors (Lipinski definition) is 4. The largest absolute Gasteiger partial charge is 0.330 e. The van der Waals surface area contributed by atoms with Crippen molar-refractivity contribution in [2.24, 2.45) is 17.6 Å². The van der Waals surface area contributed by atoms with Gasteiger partial charge in [-0.2, -0.15) is 0 Å². The van der Waals surface area contributed by atoms with Crippen molar-refractivity contribution >= 4 is 21.4 Å². The van der Waals surface area contributed by atoms with Gasteiger partial charge in [0, 0.05) is 12.8 Å². The molecule has 1 atom stereocenters. The highest BCUT2D eigenvalue weighted by molar-refractivity contribution is 7.90. The summed E-state index contributed by atoms with van der Waals surface area (Å²) in [7, 11) is -3.46. The molecule has 5 nitrogen and oxygen atoms in total. The van der Waals surface area contributed by atoms with E-state index in [2.05, 4.69) is 5.32 Å². The number of benzene rings is 1. The van der Waals surface area contributed by atoms with Crippen LogP contribution in [0.25, 0.3) is 0 Å². The maximum atomic E-state index is 13.6. The Balaban J connectivity index is 3.06. The normalized spacial score (nSPS) is 13.3. The summed E-state index contributed by atoms with van der Waals surface area (Å²) in [6, 6.07) is 3.28. The summed E-state index contributed by atoms with van der Waals surface area (Å²) in [5, 5.41) is 2.40. The molecule has 1 unspecified atom stereocenters. The van der Waals surface area contributed by atoms with Crippen molar-refractivity contribution in [3.8, 4) is 0 Å². The van der Waals surface area contributed by atoms with Crippen LogP contribution in [0.4, 0.5) is 10.1 Å². The van der Waals surface area contributed by atoms with E-state index in [0.717, 1.165) is 24.5 Å². The maximum Gasteiger partial charge on any atom is 0.229 e. The number of halogens is 1. The molecule has 0 saturated carbocycles. The first-order valence-corrected chi connectivity index (χ1v) is 8.06. The van der Waals surface area contributed by atoms with Gasteiger partial charge in [-0.1, -0.05) is 13.8 Å². The van der Waals surface area contributed by atoms with Gasteiger partial charge in [0.1, 0.15) is 5.82 Å². The van der Waals surface area contributed by atoms with Crippen molar-refractivity contribution in [1.29, 1.82) is 0 Å². The van der Waals surface area contributed by atoms with E-state index >= 15 is 0 Å². The number of nitrogens with two attached hydrogens (primary N) is 1. The van der Waals surface area contributed by atoms with Gasteiger partial charge in [0.25, 0.3) is 0 Å². The lowest BCUT2D eigenvalue weighted by Crippen LogP contribution is -2.33. The van der Waals surface area contributed by atoms with E-state index in [4.69, 9.17) is 5.73 Å². The minimum Gasteiger partial charge on any atom is -0.330 e. The first kappa shape index (κ1) is 16.6. The van der Waals surface area contributed by atoms with Crippen LogP contribution in [-0.2, 0) is 14.6 Å². The number of carbonyl (C=O) groups excluding carboxylic acids is 1. The minimum atomic E-state index is -3.46. The fourth-order valence-corrected chi connectivity index (χ4v) is 2.39. The van der Waals surface area contributed by atoms with Gasteiger partial charge in [0.05, 0.1) is 16.5 Å². The molecule has 0 heterocycles. The zero-order chi connectivity index (χ0) is 15.5. The predicted molar refractivity (Wildman–Crippen MR) is 75.5 cm³/mol. The fourth-order valence-electron chi connectivity index (χ4n) is 1.74. The van der Waals surface area contributed by atoms with Gasteiger partial charge < -0.3 is 11.1 Å². The van der Waals surface area contributed by atoms with Gasteiger partial charge in [0.15, 0.2) is 9.84 Å². The van der Waals surface area contributed by atoms with Gasteiger partial charge in [0.2, 0.25) is 5.91 Å². The molecular weight excluding hydrogens is 283 g/mol. The van der Waals surface area contributed by atoms with Gasteiger partial charge >= 0.3 is 0 Å². The molecule has 0 fully saturated rings. The Kier molecular flexibility index (Phi) is 5.24. The van der Waals surface area contributed by atoms with Gasteiger partial charge in [-0.05, 0) is 24.1 Å². The van der Waals surface area contributed by atoms with Gasteiger partial charge in [-0.15, -0.1) is 0 Å². The third-order valence-corrected chi connectivity index (χ3v) is 4.13. The average molecular weight is 302 g/mol. The summed E-state index contributed by atoms with van der Waals surface area (Å²) >= 11 is 0. The zero-order valence-corrected chi connectivity index (χ0v) is 12.5. The molecule has 0 saturated heterocycles. The van der Waals surface area contributed by atoms with E-state index < -0.39 is 27.5 Å². The van der Waals surface area contributed by atoms with Crippen molar-refractivity contribution in [1.82, 2.24) is 0 Å². The first-order chi connectivity index (χ1) is 9.16. The first-order valence-electron chi connectivity index (χ1n) is 6.17. The number of nitrogens with one attached hydrogen (secondary N) is 1. The van der Waals surface area contributed by atoms with E-state index in [-0.39, 0.29) is 23.0 Å². The molecule has 7 heteroatoms. The summed E-state index contributed by atoms with van der Waals surface area (Å²) < 4.78 is 36.5. The number of amides is 1. The Labute approximate surface area is 118 Å². The fraction of sp³-hybridized carbons (Fsp3) is 0.462. The van der Waals surface area contributed by atoms with Crippen molar-refractivity contribution in [3.63, 3.8) is 0 Å². The van der Waals surface area contributed by atoms with Crippen LogP contribution in [0.15, 0.2) is 23.1 Å². The highest BCUT2D eigenvalue weighted by Crippen LogP contribution is 2.21. The second-order valence-corrected chi connectivity index (χ2v) is 7.01. The Bertz CT molecular complexity index is 600. The SMILES string of the molecule is CC(C)C(CN)C(=O)Nc1cc(S(C)(=O)=O)ccc1F. The standard InChI is InChI=1S/C13H19FN2O3S/c1-8(2)10(7-15)13(17)16-12-6-9(20(3,18)19)4-5-11(12)14/h4-6,8,10H,7,15H2,1-3H3,(H,16,17). The predicted octanol–water partition coefficient (Wildman–Crippen LogP) is 1.40. The van der Waals surface area contributed by atoms with Crippen LogP contribution < -0.4 is 11.1 Å². The van der Waals surface area contributed by atoms with Gasteiger partial charge in [-0.3, -0.25) is 4.79 Å². The van der Waals surface area contributed by atoms with Crippen LogP contribution in [0.1, 0.15) is 13.8 Å². The minimum absolute atomic E-state index is 0.00107. The Morgan fingerprint density at radius 3 is 2.45 bits per heavy atom. The monoisotopic (exact) mass is 302 g/mol. The molecule has 0 bridgehead atoms. The van der Waals surface area contributed by atoms with E-state index in [1.165, 1.54) is 0 Å². The van der Waals surface area contributed by atoms with Crippen LogP contribution in [0, 0.1) is 17.7 Å². The second kappa shape index (κ2) is 6.32. The molecule has 1 rings (SSSR count). The molecule has 0 aromatic heterocycles. The summed E-state index contributed by atoms with van der Waals surface area (Å²) in [5.41, 5.74) is 5.36. The van der Waals surface area contributed by atoms with Crippen molar-refractivity contribution < 1.29 is 17.6 Å². The van der Waals surface area contributed by atoms with Crippen LogP contribution in [0.2, 0.25) is 0 Å². The summed E-state index contributed by atoms with van der Waals surface area (Å²) in [6.07, 6.45) is 1.02. The Hall–Kier alpha value is -1.47. The molecule has 0 aliphatic heterocycles. The Morgan fingerprint density at radius 1 is 1.40 bits per heavy atom. The van der Waals surface area contributed by atoms with E-state index in [1.54, 1.807) is 0 Å². The summed E-state index contributed by atoms with van der Waals surface area (Å²) in [4.78, 5) is 11.9. The van der Waals surface area contributed by atoms with Crippen molar-refractivity contribution in [2.75, 3.05) is 18.1 Å². The van der Waals surface area contributed by atoms with Crippen molar-refractivity contribution in [3.05, 3.63) is 24.0 Å². The van der Waals surface area contributed by atoms with E-state index in [0.29, 0.717) is 0 Å². The summed E-state index contributed by atoms with van der Waals surface area (Å²) in [6.45, 7) is 3.80. The molecule has 1 aromatic rings. The maximum absolute atomic E-state index is 13.6. The molecule has 0 spiro atoms. The Morgan fingerprint density at radius 2 is 2.00 bits per heavy atom. The summed E-state index contributed by atoms with van der Waals surface area (Å²) in [5.74, 6) is -1.57. The molecule has 0 radical (unpaired) electrons. The topological polar surface area (TPSA) is 89.3 Å². The van der Waals surface area contributed by atoms with Crippen LogP contribution >= 0.6 is 0 Å². The lowest BCUT2D eigenvalue weighted by atomic mass is 9.95. The molecule has 112 valence electrons. The van der Waals surface area contributed by atoms with Gasteiger partial charge in [-0.25, -0.2) is 12.8 Å². The molecule has 3 N–H and O–H groups in total. The second-order valence-electron chi connectivity index (χ2n) is 4.99. The molecule has 0 aliphatic rings. The lowest BCUT2D eigenvalue weighted by Gasteiger charge is -2.18. The van der Waals surface area contributed by atoms with Crippen LogP contribution in [0.3, 0.4) is 0 Å². The number of hydrogen-bond donors (Lipinski definition) is 2. The number of carbonyl (C=O) groups is 1. The average Bonchev–Trinajstić information content (AvgIpc) is 2.30. The molecular formula is C13H19FN2O3S. The number of sulfone groups is 1. The van der Waals surface area contributed by atoms with E-state index in [1.807, 2.05) is 13.8 Å². The quantitative estimate of drug-likeness (QED) is 0.805. The highest BCUT2D eigenvalue weighted by atomic mass is 32.2. The van der Waals surface area contributed by atoms with Crippen LogP contribution in [-0.4, -0.2) is 27.1 Å². The lowest BCUT2D eigenvalue weighted by molar-refractivity contribution is -0.120. The zero-order valence-electron chi connectivity index (χ0n) is 11.7. The van der Waals surface area contributed by atoms with Crippen LogP contribution in [0.5, 0.6) is 0 Å².